The van der Waals surface area contributed by atoms with E-state index in [1.807, 2.05) is 62.4 Å². The Kier molecular flexibility index (Phi) is 7.19. The zero-order valence-electron chi connectivity index (χ0n) is 22.2. The highest BCUT2D eigenvalue weighted by Crippen LogP contribution is 2.31. The minimum absolute atomic E-state index is 0.265. The first kappa shape index (κ1) is 25.8. The number of benzene rings is 3. The van der Waals surface area contributed by atoms with E-state index in [0.29, 0.717) is 28.9 Å². The molecule has 1 atom stereocenters. The van der Waals surface area contributed by atoms with Gasteiger partial charge in [0.25, 0.3) is 5.91 Å². The summed E-state index contributed by atoms with van der Waals surface area (Å²) >= 11 is 0. The summed E-state index contributed by atoms with van der Waals surface area (Å²) in [5.74, 6) is -0.287. The van der Waals surface area contributed by atoms with Crippen molar-refractivity contribution in [3.05, 3.63) is 95.2 Å². The Bertz CT molecular complexity index is 1660. The van der Waals surface area contributed by atoms with Crippen molar-refractivity contribution in [1.82, 2.24) is 15.1 Å². The predicted octanol–water partition coefficient (Wildman–Crippen LogP) is 6.45. The SMILES string of the molecule is CCC(OC(=O)c1ccc2nc(-c3ccc(C)cc3)c(-c3ccc(C)cc3)nc2c1)C(=O)Nc1cc(C)on1. The van der Waals surface area contributed by atoms with Gasteiger partial charge >= 0.3 is 5.97 Å². The number of fused-ring (bicyclic) bond motifs is 1. The molecule has 1 unspecified atom stereocenters. The average molecular weight is 521 g/mol. The largest absolute Gasteiger partial charge is 0.449 e. The van der Waals surface area contributed by atoms with E-state index >= 15 is 0 Å². The molecular formula is C31H28N4O4. The number of rotatable bonds is 7. The van der Waals surface area contributed by atoms with Gasteiger partial charge in [-0.2, -0.15) is 0 Å². The summed E-state index contributed by atoms with van der Waals surface area (Å²) < 4.78 is 10.5. The van der Waals surface area contributed by atoms with Gasteiger partial charge in [-0.1, -0.05) is 71.7 Å². The second-order valence-corrected chi connectivity index (χ2v) is 9.47. The first-order valence-corrected chi connectivity index (χ1v) is 12.7. The molecule has 0 spiro atoms. The standard InChI is InChI=1S/C31H28N4O4/c1-5-26(30(36)34-27-16-20(4)39-35-27)38-31(37)23-14-15-24-25(17-23)33-29(22-12-8-19(3)9-13-22)28(32-24)21-10-6-18(2)7-11-21/h6-17,26H,5H2,1-4H3,(H,34,35,36). The number of aryl methyl sites for hydroxylation is 3. The van der Waals surface area contributed by atoms with Gasteiger partial charge in [0.1, 0.15) is 5.76 Å². The van der Waals surface area contributed by atoms with E-state index in [1.165, 1.54) is 0 Å². The van der Waals surface area contributed by atoms with Crippen molar-refractivity contribution in [2.45, 2.75) is 40.2 Å². The first-order chi connectivity index (χ1) is 18.8. The minimum Gasteiger partial charge on any atom is -0.449 e. The van der Waals surface area contributed by atoms with Crippen LogP contribution in [-0.4, -0.2) is 33.1 Å². The van der Waals surface area contributed by atoms with Crippen LogP contribution in [0.1, 0.15) is 40.6 Å². The van der Waals surface area contributed by atoms with E-state index in [2.05, 4.69) is 10.5 Å². The Balaban J connectivity index is 1.47. The number of anilines is 1. The highest BCUT2D eigenvalue weighted by molar-refractivity contribution is 5.98. The molecule has 196 valence electrons. The summed E-state index contributed by atoms with van der Waals surface area (Å²) in [4.78, 5) is 35.6. The van der Waals surface area contributed by atoms with Crippen molar-refractivity contribution < 1.29 is 18.8 Å². The van der Waals surface area contributed by atoms with Gasteiger partial charge in [-0.25, -0.2) is 14.8 Å². The number of amides is 1. The minimum atomic E-state index is -0.997. The Hall–Kier alpha value is -4.85. The molecule has 0 radical (unpaired) electrons. The third kappa shape index (κ3) is 5.70. The fraction of sp³-hybridized carbons (Fsp3) is 0.194. The molecule has 0 aliphatic carbocycles. The maximum Gasteiger partial charge on any atom is 0.338 e. The summed E-state index contributed by atoms with van der Waals surface area (Å²) in [5, 5.41) is 6.36. The number of nitrogens with one attached hydrogen (secondary N) is 1. The van der Waals surface area contributed by atoms with E-state index in [1.54, 1.807) is 38.1 Å². The predicted molar refractivity (Wildman–Crippen MR) is 149 cm³/mol. The van der Waals surface area contributed by atoms with Crippen LogP contribution in [0.4, 0.5) is 5.82 Å². The number of hydrogen-bond donors (Lipinski definition) is 1. The van der Waals surface area contributed by atoms with Crippen LogP contribution in [0.2, 0.25) is 0 Å². The van der Waals surface area contributed by atoms with Gasteiger partial charge in [0.05, 0.1) is 28.0 Å². The highest BCUT2D eigenvalue weighted by atomic mass is 16.5. The van der Waals surface area contributed by atoms with Crippen molar-refractivity contribution in [3.63, 3.8) is 0 Å². The van der Waals surface area contributed by atoms with Gasteiger partial charge in [0, 0.05) is 17.2 Å². The Morgan fingerprint density at radius 3 is 1.95 bits per heavy atom. The molecule has 0 saturated heterocycles. The fourth-order valence-electron chi connectivity index (χ4n) is 4.16. The molecule has 8 nitrogen and oxygen atoms in total. The molecule has 1 amide bonds. The second-order valence-electron chi connectivity index (χ2n) is 9.47. The van der Waals surface area contributed by atoms with Crippen molar-refractivity contribution in [1.29, 1.82) is 0 Å². The molecule has 3 aromatic carbocycles. The van der Waals surface area contributed by atoms with Crippen LogP contribution in [0.3, 0.4) is 0 Å². The lowest BCUT2D eigenvalue weighted by molar-refractivity contribution is -0.124. The van der Waals surface area contributed by atoms with Crippen LogP contribution in [0.15, 0.2) is 77.3 Å². The summed E-state index contributed by atoms with van der Waals surface area (Å²) in [6.45, 7) is 7.55. The van der Waals surface area contributed by atoms with E-state index in [4.69, 9.17) is 19.2 Å². The third-order valence-electron chi connectivity index (χ3n) is 6.34. The highest BCUT2D eigenvalue weighted by Gasteiger charge is 2.24. The van der Waals surface area contributed by atoms with Gasteiger partial charge in [-0.15, -0.1) is 0 Å². The number of carbonyl (C=O) groups excluding carboxylic acids is 2. The Morgan fingerprint density at radius 2 is 1.41 bits per heavy atom. The van der Waals surface area contributed by atoms with Crippen LogP contribution in [-0.2, 0) is 9.53 Å². The van der Waals surface area contributed by atoms with Gasteiger partial charge in [0.15, 0.2) is 11.9 Å². The third-order valence-corrected chi connectivity index (χ3v) is 6.34. The number of nitrogens with zero attached hydrogens (tertiary/aromatic N) is 3. The lowest BCUT2D eigenvalue weighted by atomic mass is 10.0. The molecule has 8 heteroatoms. The molecule has 5 aromatic rings. The molecule has 0 fully saturated rings. The van der Waals surface area contributed by atoms with Crippen LogP contribution < -0.4 is 5.32 Å². The van der Waals surface area contributed by atoms with Crippen LogP contribution in [0, 0.1) is 20.8 Å². The Labute approximate surface area is 226 Å². The number of esters is 1. The van der Waals surface area contributed by atoms with Crippen LogP contribution >= 0.6 is 0 Å². The van der Waals surface area contributed by atoms with Gasteiger partial charge in [0.2, 0.25) is 0 Å². The van der Waals surface area contributed by atoms with Crippen molar-refractivity contribution in [2.75, 3.05) is 5.32 Å². The van der Waals surface area contributed by atoms with E-state index in [0.717, 1.165) is 27.9 Å². The molecule has 0 aliphatic heterocycles. The quantitative estimate of drug-likeness (QED) is 0.246. The van der Waals surface area contributed by atoms with Crippen molar-refractivity contribution in [2.24, 2.45) is 0 Å². The van der Waals surface area contributed by atoms with E-state index in [9.17, 15) is 9.59 Å². The number of hydrogen-bond acceptors (Lipinski definition) is 7. The maximum atomic E-state index is 13.0. The molecule has 0 saturated carbocycles. The van der Waals surface area contributed by atoms with Crippen molar-refractivity contribution >= 4 is 28.7 Å². The molecule has 39 heavy (non-hydrogen) atoms. The van der Waals surface area contributed by atoms with Gasteiger partial charge in [-0.3, -0.25) is 4.79 Å². The molecule has 5 rings (SSSR count). The lowest BCUT2D eigenvalue weighted by Gasteiger charge is -2.15. The second kappa shape index (κ2) is 10.9. The van der Waals surface area contributed by atoms with Crippen molar-refractivity contribution in [3.8, 4) is 22.5 Å². The summed E-state index contributed by atoms with van der Waals surface area (Å²) in [6.07, 6.45) is -0.706. The smallest absolute Gasteiger partial charge is 0.338 e. The molecule has 2 heterocycles. The van der Waals surface area contributed by atoms with Crippen LogP contribution in [0.5, 0.6) is 0 Å². The zero-order chi connectivity index (χ0) is 27.5. The zero-order valence-corrected chi connectivity index (χ0v) is 22.2. The monoisotopic (exact) mass is 520 g/mol. The number of ether oxygens (including phenoxy) is 1. The molecule has 2 aromatic heterocycles. The normalized spacial score (nSPS) is 11.8. The molecular weight excluding hydrogens is 492 g/mol. The fourth-order valence-corrected chi connectivity index (χ4v) is 4.16. The van der Waals surface area contributed by atoms with Gasteiger partial charge < -0.3 is 14.6 Å². The van der Waals surface area contributed by atoms with Gasteiger partial charge in [-0.05, 0) is 45.4 Å². The number of aromatic nitrogens is 3. The first-order valence-electron chi connectivity index (χ1n) is 12.7. The van der Waals surface area contributed by atoms with E-state index in [-0.39, 0.29) is 11.4 Å². The number of carbonyl (C=O) groups is 2. The summed E-state index contributed by atoms with van der Waals surface area (Å²) in [5.41, 5.74) is 7.11. The Morgan fingerprint density at radius 1 is 0.821 bits per heavy atom. The lowest BCUT2D eigenvalue weighted by Crippen LogP contribution is -2.32. The molecule has 1 N–H and O–H groups in total. The maximum absolute atomic E-state index is 13.0. The van der Waals surface area contributed by atoms with E-state index < -0.39 is 18.0 Å². The molecule has 0 aliphatic rings. The summed E-state index contributed by atoms with van der Waals surface area (Å²) in [7, 11) is 0. The van der Waals surface area contributed by atoms with Crippen LogP contribution in [0.25, 0.3) is 33.5 Å². The summed E-state index contributed by atoms with van der Waals surface area (Å²) in [6, 6.07) is 22.9. The topological polar surface area (TPSA) is 107 Å². The molecule has 0 bridgehead atoms. The average Bonchev–Trinajstić information content (AvgIpc) is 3.35.